The van der Waals surface area contributed by atoms with E-state index in [9.17, 15) is 14.4 Å². The van der Waals surface area contributed by atoms with Crippen molar-refractivity contribution in [2.75, 3.05) is 13.7 Å². The molecule has 1 aromatic carbocycles. The molecule has 0 aliphatic carbocycles. The Morgan fingerprint density at radius 1 is 1.11 bits per heavy atom. The van der Waals surface area contributed by atoms with Crippen LogP contribution in [0.25, 0.3) is 0 Å². The highest BCUT2D eigenvalue weighted by Crippen LogP contribution is 2.18. The van der Waals surface area contributed by atoms with Crippen LogP contribution in [0.5, 0.6) is 5.75 Å². The largest absolute Gasteiger partial charge is 0.494 e. The zero-order valence-electron chi connectivity index (χ0n) is 15.5. The van der Waals surface area contributed by atoms with Crippen LogP contribution in [0.15, 0.2) is 24.3 Å². The van der Waals surface area contributed by atoms with Crippen molar-refractivity contribution < 1.29 is 24.3 Å². The first-order valence-electron chi connectivity index (χ1n) is 9.20. The van der Waals surface area contributed by atoms with Crippen LogP contribution in [0.2, 0.25) is 0 Å². The molecule has 3 rings (SSSR count). The number of likely N-dealkylation sites (N-methyl/N-ethyl adjacent to an activating group) is 1. The normalized spacial score (nSPS) is 21.6. The fraction of sp³-hybridized carbons (Fsp3) is 0.526. The Hall–Kier alpha value is -2.61. The van der Waals surface area contributed by atoms with E-state index in [2.05, 4.69) is 10.6 Å². The Balaban J connectivity index is 2.18. The summed E-state index contributed by atoms with van der Waals surface area (Å²) in [6, 6.07) is 6.69. The van der Waals surface area contributed by atoms with Crippen molar-refractivity contribution in [2.24, 2.45) is 5.92 Å². The number of carbonyl (C=O) groups is 3. The number of nitrogens with one attached hydrogen (secondary N) is 3. The van der Waals surface area contributed by atoms with E-state index in [1.807, 2.05) is 24.3 Å². The second-order valence-electron chi connectivity index (χ2n) is 6.66. The topological polar surface area (TPSA) is 117 Å². The molecule has 0 spiro atoms. The summed E-state index contributed by atoms with van der Waals surface area (Å²) in [6.45, 7) is 0.567. The molecule has 148 valence electrons. The quantitative estimate of drug-likeness (QED) is 0.452. The van der Waals surface area contributed by atoms with Crippen LogP contribution in [0, 0.1) is 5.92 Å². The number of hydroxylamine groups is 1. The van der Waals surface area contributed by atoms with Crippen LogP contribution < -0.4 is 20.9 Å². The molecule has 0 saturated heterocycles. The number of hydrogen-bond acceptors (Lipinski definition) is 5. The van der Waals surface area contributed by atoms with Gasteiger partial charge in [-0.15, -0.1) is 0 Å². The van der Waals surface area contributed by atoms with Crippen molar-refractivity contribution in [2.45, 2.75) is 44.6 Å². The molecule has 8 nitrogen and oxygen atoms in total. The molecule has 2 aliphatic heterocycles. The predicted molar refractivity (Wildman–Crippen MR) is 98.1 cm³/mol. The Bertz CT molecular complexity index is 647. The van der Waals surface area contributed by atoms with Gasteiger partial charge in [0.2, 0.25) is 17.7 Å². The zero-order chi connectivity index (χ0) is 19.6. The first-order valence-corrected chi connectivity index (χ1v) is 9.20. The number of carbonyl (C=O) groups excluding carboxylic acids is 3. The van der Waals surface area contributed by atoms with E-state index in [0.717, 1.165) is 30.6 Å². The van der Waals surface area contributed by atoms with Gasteiger partial charge in [0.25, 0.3) is 0 Å². The van der Waals surface area contributed by atoms with Crippen molar-refractivity contribution in [1.29, 1.82) is 0 Å². The molecular weight excluding hydrogens is 350 g/mol. The van der Waals surface area contributed by atoms with Crippen LogP contribution >= 0.6 is 0 Å². The maximum atomic E-state index is 12.4. The van der Waals surface area contributed by atoms with E-state index >= 15 is 0 Å². The van der Waals surface area contributed by atoms with Crippen LogP contribution in [-0.4, -0.2) is 42.6 Å². The van der Waals surface area contributed by atoms with Crippen LogP contribution in [-0.2, 0) is 20.8 Å². The number of ether oxygens (including phenoxy) is 1. The number of fused-ring (bicyclic) bond motifs is 13. The molecule has 3 amide bonds. The number of rotatable bonds is 2. The molecule has 0 fully saturated rings. The van der Waals surface area contributed by atoms with Gasteiger partial charge in [-0.25, -0.2) is 5.48 Å². The Kier molecular flexibility index (Phi) is 8.06. The summed E-state index contributed by atoms with van der Waals surface area (Å²) in [7, 11) is 1.51. The van der Waals surface area contributed by atoms with E-state index < -0.39 is 23.8 Å². The fourth-order valence-electron chi connectivity index (χ4n) is 3.09. The molecule has 2 heterocycles. The van der Waals surface area contributed by atoms with E-state index in [1.165, 1.54) is 7.05 Å². The molecular formula is C19H27N3O5. The molecule has 27 heavy (non-hydrogen) atoms. The molecule has 0 radical (unpaired) electrons. The van der Waals surface area contributed by atoms with Gasteiger partial charge in [-0.05, 0) is 30.5 Å². The minimum Gasteiger partial charge on any atom is -0.494 e. The van der Waals surface area contributed by atoms with E-state index in [0.29, 0.717) is 19.4 Å². The van der Waals surface area contributed by atoms with Gasteiger partial charge in [0, 0.05) is 25.8 Å². The molecule has 0 aromatic heterocycles. The minimum atomic E-state index is -0.750. The summed E-state index contributed by atoms with van der Waals surface area (Å²) in [5, 5.41) is 14.2. The summed E-state index contributed by atoms with van der Waals surface area (Å²) in [6.07, 6.45) is 3.11. The Morgan fingerprint density at radius 2 is 1.85 bits per heavy atom. The van der Waals surface area contributed by atoms with E-state index in [1.54, 1.807) is 5.48 Å². The molecule has 4 N–H and O–H groups in total. The van der Waals surface area contributed by atoms with Gasteiger partial charge in [0.1, 0.15) is 11.8 Å². The average Bonchev–Trinajstić information content (AvgIpc) is 2.68. The smallest absolute Gasteiger partial charge is 0.246 e. The number of benzene rings is 1. The highest BCUT2D eigenvalue weighted by atomic mass is 16.5. The first kappa shape index (κ1) is 20.7. The van der Waals surface area contributed by atoms with Crippen molar-refractivity contribution in [3.63, 3.8) is 0 Å². The molecule has 2 atom stereocenters. The van der Waals surface area contributed by atoms with Gasteiger partial charge in [-0.1, -0.05) is 25.0 Å². The molecule has 2 bridgehead atoms. The molecule has 2 aliphatic rings. The van der Waals surface area contributed by atoms with Gasteiger partial charge in [0.15, 0.2) is 0 Å². The van der Waals surface area contributed by atoms with Gasteiger partial charge in [0.05, 0.1) is 6.61 Å². The fourth-order valence-corrected chi connectivity index (χ4v) is 3.09. The third-order valence-corrected chi connectivity index (χ3v) is 4.64. The highest BCUT2D eigenvalue weighted by molar-refractivity contribution is 5.90. The summed E-state index contributed by atoms with van der Waals surface area (Å²) in [4.78, 5) is 36.4. The average molecular weight is 377 g/mol. The van der Waals surface area contributed by atoms with Crippen LogP contribution in [0.1, 0.15) is 37.7 Å². The van der Waals surface area contributed by atoms with Crippen LogP contribution in [0.4, 0.5) is 0 Å². The van der Waals surface area contributed by atoms with E-state index in [-0.39, 0.29) is 12.3 Å². The van der Waals surface area contributed by atoms with Gasteiger partial charge >= 0.3 is 0 Å². The third kappa shape index (κ3) is 6.56. The lowest BCUT2D eigenvalue weighted by molar-refractivity contribution is -0.137. The van der Waals surface area contributed by atoms with Crippen molar-refractivity contribution in [3.05, 3.63) is 29.8 Å². The Labute approximate surface area is 158 Å². The summed E-state index contributed by atoms with van der Waals surface area (Å²) >= 11 is 0. The monoisotopic (exact) mass is 377 g/mol. The van der Waals surface area contributed by atoms with E-state index in [4.69, 9.17) is 9.94 Å². The van der Waals surface area contributed by atoms with Gasteiger partial charge < -0.3 is 15.4 Å². The van der Waals surface area contributed by atoms with Gasteiger partial charge in [-0.2, -0.15) is 0 Å². The van der Waals surface area contributed by atoms with Crippen molar-refractivity contribution in [3.8, 4) is 5.75 Å². The molecule has 1 aromatic rings. The lowest BCUT2D eigenvalue weighted by Crippen LogP contribution is -2.48. The summed E-state index contributed by atoms with van der Waals surface area (Å²) in [5.74, 6) is -1.19. The van der Waals surface area contributed by atoms with Crippen molar-refractivity contribution in [1.82, 2.24) is 16.1 Å². The zero-order valence-corrected chi connectivity index (χ0v) is 15.5. The molecule has 0 unspecified atom stereocenters. The number of amides is 3. The van der Waals surface area contributed by atoms with Crippen molar-refractivity contribution >= 4 is 17.7 Å². The SMILES string of the molecule is CNC(=O)[C@@H]1Cc2ccc(cc2)OCCCCC[C@H](C(=O)NO)CC(=O)N1. The molecule has 8 heteroatoms. The highest BCUT2D eigenvalue weighted by Gasteiger charge is 2.25. The van der Waals surface area contributed by atoms with Crippen LogP contribution in [0.3, 0.4) is 0 Å². The van der Waals surface area contributed by atoms with Gasteiger partial charge in [-0.3, -0.25) is 19.6 Å². The summed E-state index contributed by atoms with van der Waals surface area (Å²) < 4.78 is 5.70. The molecule has 0 saturated carbocycles. The minimum absolute atomic E-state index is 0.0880. The maximum absolute atomic E-state index is 12.4. The maximum Gasteiger partial charge on any atom is 0.246 e. The second-order valence-corrected chi connectivity index (χ2v) is 6.66. The standard InChI is InChI=1S/C19H27N3O5/c1-20-19(25)16-11-13-6-8-15(9-7-13)27-10-4-2-3-5-14(18(24)22-26)12-17(23)21-16/h6-9,14,16,26H,2-5,10-12H2,1H3,(H,20,25)(H,21,23)(H,22,24)/t14-,16-/m0/s1. The second kappa shape index (κ2) is 10.5. The Morgan fingerprint density at radius 3 is 2.52 bits per heavy atom. The lowest BCUT2D eigenvalue weighted by Gasteiger charge is -2.20. The third-order valence-electron chi connectivity index (χ3n) is 4.64. The first-order chi connectivity index (χ1) is 13.0. The lowest BCUT2D eigenvalue weighted by atomic mass is 9.96. The summed E-state index contributed by atoms with van der Waals surface area (Å²) in [5.41, 5.74) is 2.51. The number of hydrogen-bond donors (Lipinski definition) is 4. The predicted octanol–water partition coefficient (Wildman–Crippen LogP) is 0.924.